The third-order valence-electron chi connectivity index (χ3n) is 2.57. The van der Waals surface area contributed by atoms with E-state index in [9.17, 15) is 22.8 Å². The first-order chi connectivity index (χ1) is 7.32. The molecule has 4 nitrogen and oxygen atoms in total. The fourth-order valence-electron chi connectivity index (χ4n) is 1.86. The largest absolute Gasteiger partial charge is 0.481 e. The molecule has 1 amide bonds. The number of hydrogen-bond donors (Lipinski definition) is 1. The maximum absolute atomic E-state index is 12.2. The van der Waals surface area contributed by atoms with E-state index >= 15 is 0 Å². The number of alkyl halides is 3. The molecule has 0 aliphatic carbocycles. The molecule has 1 aliphatic rings. The molecule has 0 aromatic carbocycles. The normalized spacial score (nSPS) is 21.2. The van der Waals surface area contributed by atoms with Gasteiger partial charge in [0, 0.05) is 19.0 Å². The number of likely N-dealkylation sites (tertiary alicyclic amines) is 1. The van der Waals surface area contributed by atoms with Gasteiger partial charge >= 0.3 is 18.1 Å². The molecule has 0 aromatic heterocycles. The van der Waals surface area contributed by atoms with Crippen LogP contribution in [0, 0.1) is 0 Å². The molecular formula is C9H12F3NO3. The third kappa shape index (κ3) is 3.11. The Hall–Kier alpha value is -1.27. The maximum Gasteiger partial charge on any atom is 0.471 e. The van der Waals surface area contributed by atoms with Crippen LogP contribution in [0.4, 0.5) is 13.2 Å². The van der Waals surface area contributed by atoms with Crippen LogP contribution in [0.25, 0.3) is 0 Å². The summed E-state index contributed by atoms with van der Waals surface area (Å²) >= 11 is 0. The Bertz CT molecular complexity index is 290. The number of amides is 1. The van der Waals surface area contributed by atoms with Gasteiger partial charge in [-0.3, -0.25) is 9.59 Å². The first-order valence-electron chi connectivity index (χ1n) is 4.92. The monoisotopic (exact) mass is 239 g/mol. The van der Waals surface area contributed by atoms with E-state index in [1.165, 1.54) is 0 Å². The lowest BCUT2D eigenvalue weighted by atomic mass is 10.1. The van der Waals surface area contributed by atoms with Crippen molar-refractivity contribution >= 4 is 11.9 Å². The van der Waals surface area contributed by atoms with Gasteiger partial charge in [0.05, 0.1) is 0 Å². The topological polar surface area (TPSA) is 57.6 Å². The van der Waals surface area contributed by atoms with E-state index in [1.54, 1.807) is 0 Å². The summed E-state index contributed by atoms with van der Waals surface area (Å²) in [6.07, 6.45) is -4.07. The van der Waals surface area contributed by atoms with Crippen molar-refractivity contribution in [3.05, 3.63) is 0 Å². The van der Waals surface area contributed by atoms with Crippen LogP contribution >= 0.6 is 0 Å². The van der Waals surface area contributed by atoms with E-state index in [0.29, 0.717) is 12.8 Å². The summed E-state index contributed by atoms with van der Waals surface area (Å²) < 4.78 is 36.5. The molecule has 7 heteroatoms. The SMILES string of the molecule is O=C(O)CC[C@H]1CCCN1C(=O)C(F)(F)F. The first kappa shape index (κ1) is 12.8. The van der Waals surface area contributed by atoms with Crippen LogP contribution in [0.5, 0.6) is 0 Å². The van der Waals surface area contributed by atoms with Gasteiger partial charge in [-0.2, -0.15) is 13.2 Å². The van der Waals surface area contributed by atoms with Crippen molar-refractivity contribution in [3.63, 3.8) is 0 Å². The highest BCUT2D eigenvalue weighted by Gasteiger charge is 2.45. The highest BCUT2D eigenvalue weighted by Crippen LogP contribution is 2.27. The molecule has 1 saturated heterocycles. The number of hydrogen-bond acceptors (Lipinski definition) is 2. The molecule has 1 N–H and O–H groups in total. The van der Waals surface area contributed by atoms with Crippen LogP contribution in [0.3, 0.4) is 0 Å². The molecule has 1 heterocycles. The fraction of sp³-hybridized carbons (Fsp3) is 0.778. The van der Waals surface area contributed by atoms with Crippen molar-refractivity contribution < 1.29 is 27.9 Å². The summed E-state index contributed by atoms with van der Waals surface area (Å²) in [5.41, 5.74) is 0. The van der Waals surface area contributed by atoms with Crippen molar-refractivity contribution in [2.24, 2.45) is 0 Å². The summed E-state index contributed by atoms with van der Waals surface area (Å²) in [5.74, 6) is -2.92. The Labute approximate surface area is 90.0 Å². The molecule has 1 rings (SSSR count). The zero-order valence-corrected chi connectivity index (χ0v) is 8.46. The molecule has 92 valence electrons. The molecule has 1 fully saturated rings. The van der Waals surface area contributed by atoms with Crippen molar-refractivity contribution in [3.8, 4) is 0 Å². The van der Waals surface area contributed by atoms with Crippen LogP contribution in [-0.4, -0.2) is 40.6 Å². The average molecular weight is 239 g/mol. The maximum atomic E-state index is 12.2. The van der Waals surface area contributed by atoms with Crippen LogP contribution in [-0.2, 0) is 9.59 Å². The highest BCUT2D eigenvalue weighted by atomic mass is 19.4. The molecule has 1 aliphatic heterocycles. The van der Waals surface area contributed by atoms with Gasteiger partial charge in [-0.05, 0) is 19.3 Å². The Morgan fingerprint density at radius 3 is 2.50 bits per heavy atom. The van der Waals surface area contributed by atoms with Crippen LogP contribution in [0.1, 0.15) is 25.7 Å². The number of carboxylic acid groups (broad SMARTS) is 1. The van der Waals surface area contributed by atoms with Gasteiger partial charge < -0.3 is 10.0 Å². The van der Waals surface area contributed by atoms with E-state index in [-0.39, 0.29) is 19.4 Å². The van der Waals surface area contributed by atoms with Gasteiger partial charge in [-0.15, -0.1) is 0 Å². The number of rotatable bonds is 3. The van der Waals surface area contributed by atoms with Crippen LogP contribution in [0.2, 0.25) is 0 Å². The summed E-state index contributed by atoms with van der Waals surface area (Å²) in [7, 11) is 0. The van der Waals surface area contributed by atoms with Crippen molar-refractivity contribution in [1.82, 2.24) is 4.90 Å². The minimum atomic E-state index is -4.87. The lowest BCUT2D eigenvalue weighted by molar-refractivity contribution is -0.186. The van der Waals surface area contributed by atoms with E-state index < -0.39 is 24.1 Å². The molecular weight excluding hydrogens is 227 g/mol. The summed E-state index contributed by atoms with van der Waals surface area (Å²) in [6.45, 7) is 0.0582. The van der Waals surface area contributed by atoms with Gasteiger partial charge in [0.2, 0.25) is 0 Å². The minimum Gasteiger partial charge on any atom is -0.481 e. The predicted molar refractivity (Wildman–Crippen MR) is 47.7 cm³/mol. The van der Waals surface area contributed by atoms with Crippen molar-refractivity contribution in [2.45, 2.75) is 37.9 Å². The standard InChI is InChI=1S/C9H12F3NO3/c10-9(11,12)8(16)13-5-1-2-6(13)3-4-7(14)15/h6H,1-5H2,(H,14,15)/t6-/m1/s1. The Morgan fingerprint density at radius 2 is 2.00 bits per heavy atom. The number of nitrogens with zero attached hydrogens (tertiary/aromatic N) is 1. The summed E-state index contributed by atoms with van der Waals surface area (Å²) in [6, 6.07) is -0.592. The molecule has 0 bridgehead atoms. The third-order valence-corrected chi connectivity index (χ3v) is 2.57. The fourth-order valence-corrected chi connectivity index (χ4v) is 1.86. The number of carboxylic acids is 1. The molecule has 1 atom stereocenters. The quantitative estimate of drug-likeness (QED) is 0.810. The van der Waals surface area contributed by atoms with Gasteiger partial charge in [-0.1, -0.05) is 0 Å². The van der Waals surface area contributed by atoms with Gasteiger partial charge in [-0.25, -0.2) is 0 Å². The van der Waals surface area contributed by atoms with Gasteiger partial charge in [0.25, 0.3) is 0 Å². The second-order valence-corrected chi connectivity index (χ2v) is 3.72. The van der Waals surface area contributed by atoms with Crippen LogP contribution in [0.15, 0.2) is 0 Å². The number of carbonyl (C=O) groups excluding carboxylic acids is 1. The molecule has 0 unspecified atom stereocenters. The Kier molecular flexibility index (Phi) is 3.77. The minimum absolute atomic E-state index is 0.0582. The second kappa shape index (κ2) is 4.71. The smallest absolute Gasteiger partial charge is 0.471 e. The molecule has 16 heavy (non-hydrogen) atoms. The lowest BCUT2D eigenvalue weighted by Crippen LogP contribution is -2.43. The summed E-state index contributed by atoms with van der Waals surface area (Å²) in [5, 5.41) is 8.43. The predicted octanol–water partition coefficient (Wildman–Crippen LogP) is 1.40. The second-order valence-electron chi connectivity index (χ2n) is 3.72. The number of aliphatic carboxylic acids is 1. The molecule has 0 aromatic rings. The number of halogens is 3. The van der Waals surface area contributed by atoms with Gasteiger partial charge in [0.15, 0.2) is 0 Å². The van der Waals surface area contributed by atoms with E-state index in [4.69, 9.17) is 5.11 Å². The molecule has 0 spiro atoms. The summed E-state index contributed by atoms with van der Waals surface area (Å²) in [4.78, 5) is 22.0. The lowest BCUT2D eigenvalue weighted by Gasteiger charge is -2.25. The zero-order valence-electron chi connectivity index (χ0n) is 8.46. The van der Waals surface area contributed by atoms with E-state index in [1.807, 2.05) is 0 Å². The highest BCUT2D eigenvalue weighted by molar-refractivity contribution is 5.82. The van der Waals surface area contributed by atoms with E-state index in [2.05, 4.69) is 0 Å². The van der Waals surface area contributed by atoms with Crippen molar-refractivity contribution in [2.75, 3.05) is 6.54 Å². The van der Waals surface area contributed by atoms with Crippen LogP contribution < -0.4 is 0 Å². The average Bonchev–Trinajstić information content (AvgIpc) is 2.59. The molecule has 0 radical (unpaired) electrons. The zero-order chi connectivity index (χ0) is 12.3. The molecule has 0 saturated carbocycles. The Morgan fingerprint density at radius 1 is 1.38 bits per heavy atom. The van der Waals surface area contributed by atoms with E-state index in [0.717, 1.165) is 4.90 Å². The van der Waals surface area contributed by atoms with Gasteiger partial charge in [0.1, 0.15) is 0 Å². The first-order valence-corrected chi connectivity index (χ1v) is 4.92. The Balaban J connectivity index is 2.59. The van der Waals surface area contributed by atoms with Crippen molar-refractivity contribution in [1.29, 1.82) is 0 Å². The number of carbonyl (C=O) groups is 2.